The number of hydrogen-bond donors (Lipinski definition) is 0. The molecule has 5 rings (SSSR count). The van der Waals surface area contributed by atoms with Crippen molar-refractivity contribution in [2.24, 2.45) is 0 Å². The third-order valence-electron chi connectivity index (χ3n) is 6.90. The van der Waals surface area contributed by atoms with Crippen molar-refractivity contribution in [3.05, 3.63) is 60.3 Å². The van der Waals surface area contributed by atoms with Crippen molar-refractivity contribution < 1.29 is 36.7 Å². The molecule has 0 atom stereocenters. The maximum atomic E-state index is 15.5. The molecule has 0 unspecified atom stereocenters. The molecule has 2 amide bonds. The second-order valence-electron chi connectivity index (χ2n) is 11.2. The van der Waals surface area contributed by atoms with Crippen LogP contribution in [0, 0.1) is 5.82 Å². The summed E-state index contributed by atoms with van der Waals surface area (Å²) in [5.41, 5.74) is 0.854. The van der Waals surface area contributed by atoms with Gasteiger partial charge in [-0.25, -0.2) is 19.2 Å². The molecule has 0 radical (unpaired) electrons. The first-order valence-corrected chi connectivity index (χ1v) is 14.2. The highest BCUT2D eigenvalue weighted by molar-refractivity contribution is 5.81. The van der Waals surface area contributed by atoms with E-state index in [2.05, 4.69) is 25.1 Å². The Hall–Kier alpha value is -5.28. The molecule has 0 bridgehead atoms. The maximum Gasteiger partial charge on any atom is 0.410 e. The minimum absolute atomic E-state index is 0.0515. The van der Waals surface area contributed by atoms with Crippen LogP contribution < -0.4 is 14.5 Å². The lowest BCUT2D eigenvalue weighted by Crippen LogP contribution is -2.50. The maximum absolute atomic E-state index is 15.5. The van der Waals surface area contributed by atoms with Crippen LogP contribution in [0.1, 0.15) is 38.8 Å². The van der Waals surface area contributed by atoms with Gasteiger partial charge in [0.1, 0.15) is 17.2 Å². The first-order chi connectivity index (χ1) is 22.0. The van der Waals surface area contributed by atoms with Crippen LogP contribution in [-0.2, 0) is 16.1 Å². The molecule has 1 aliphatic rings. The van der Waals surface area contributed by atoms with E-state index in [1.165, 1.54) is 48.8 Å². The van der Waals surface area contributed by atoms with E-state index >= 15 is 4.39 Å². The highest BCUT2D eigenvalue weighted by Gasteiger charge is 2.27. The van der Waals surface area contributed by atoms with E-state index in [1.807, 2.05) is 25.7 Å². The van der Waals surface area contributed by atoms with Crippen molar-refractivity contribution in [3.63, 3.8) is 0 Å². The number of rotatable bonds is 9. The van der Waals surface area contributed by atoms with Gasteiger partial charge in [0, 0.05) is 62.0 Å². The van der Waals surface area contributed by atoms with Gasteiger partial charge in [-0.2, -0.15) is 8.78 Å². The van der Waals surface area contributed by atoms with E-state index in [0.29, 0.717) is 55.4 Å². The van der Waals surface area contributed by atoms with Gasteiger partial charge in [0.2, 0.25) is 18.2 Å². The zero-order chi connectivity index (χ0) is 33.0. The van der Waals surface area contributed by atoms with Crippen molar-refractivity contribution in [1.29, 1.82) is 0 Å². The molecule has 3 aromatic heterocycles. The summed E-state index contributed by atoms with van der Waals surface area (Å²) in [5.74, 6) is -0.914. The highest BCUT2D eigenvalue weighted by Crippen LogP contribution is 2.36. The number of carbonyl (C=O) groups is 2. The van der Waals surface area contributed by atoms with E-state index in [0.717, 1.165) is 0 Å². The molecule has 4 heterocycles. The third kappa shape index (κ3) is 7.33. The predicted molar refractivity (Wildman–Crippen MR) is 159 cm³/mol. The van der Waals surface area contributed by atoms with Gasteiger partial charge < -0.3 is 28.6 Å². The number of alkyl halides is 2. The summed E-state index contributed by atoms with van der Waals surface area (Å²) in [6.45, 7) is 7.30. The Bertz CT molecular complexity index is 1670. The number of piperazine rings is 1. The monoisotopic (exact) mass is 640 g/mol. The van der Waals surface area contributed by atoms with Gasteiger partial charge >= 0.3 is 12.5 Å². The van der Waals surface area contributed by atoms with Gasteiger partial charge in [-0.1, -0.05) is 0 Å². The summed E-state index contributed by atoms with van der Waals surface area (Å²) in [6, 6.07) is 5.70. The number of ether oxygens (including phenoxy) is 2. The summed E-state index contributed by atoms with van der Waals surface area (Å²) < 4.78 is 56.9. The van der Waals surface area contributed by atoms with Crippen molar-refractivity contribution in [2.45, 2.75) is 39.3 Å². The zero-order valence-corrected chi connectivity index (χ0v) is 25.5. The van der Waals surface area contributed by atoms with Crippen LogP contribution in [0.15, 0.2) is 47.3 Å². The standard InChI is InChI=1S/C30H31F3N8O5/c1-30(2,3)46-29(43)40-9-7-39(8-10-40)28-35-14-19(15-36-28)21-11-24(44-4)23(12-22(21)31)41(17-42)16-20-6-5-18(13-34-20)26-37-38-27(45-26)25(32)33/h5-6,11-15,17,25H,7-10,16H2,1-4H3. The number of aromatic nitrogens is 5. The molecule has 46 heavy (non-hydrogen) atoms. The van der Waals surface area contributed by atoms with E-state index in [-0.39, 0.29) is 35.5 Å². The Morgan fingerprint density at radius 1 is 1.04 bits per heavy atom. The number of anilines is 2. The minimum Gasteiger partial charge on any atom is -0.495 e. The Labute approximate surface area is 262 Å². The van der Waals surface area contributed by atoms with Gasteiger partial charge in [0.15, 0.2) is 0 Å². The second-order valence-corrected chi connectivity index (χ2v) is 11.2. The SMILES string of the molecule is COc1cc(-c2cnc(N3CCN(C(=O)OC(C)(C)C)CC3)nc2)c(F)cc1N(C=O)Cc1ccc(-c2nnc(C(F)F)o2)cn1. The van der Waals surface area contributed by atoms with Crippen LogP contribution in [0.2, 0.25) is 0 Å². The molecule has 1 fully saturated rings. The Morgan fingerprint density at radius 3 is 2.30 bits per heavy atom. The minimum atomic E-state index is -2.90. The predicted octanol–water partition coefficient (Wildman–Crippen LogP) is 4.89. The molecule has 0 spiro atoms. The summed E-state index contributed by atoms with van der Waals surface area (Å²) in [7, 11) is 1.39. The van der Waals surface area contributed by atoms with Crippen LogP contribution >= 0.6 is 0 Å². The fourth-order valence-electron chi connectivity index (χ4n) is 4.63. The van der Waals surface area contributed by atoms with Crippen LogP contribution in [0.3, 0.4) is 0 Å². The van der Waals surface area contributed by atoms with Crippen molar-refractivity contribution in [3.8, 4) is 28.3 Å². The molecule has 1 saturated heterocycles. The molecule has 4 aromatic rings. The van der Waals surface area contributed by atoms with E-state index in [4.69, 9.17) is 13.9 Å². The average molecular weight is 641 g/mol. The van der Waals surface area contributed by atoms with Gasteiger partial charge in [-0.15, -0.1) is 10.2 Å². The van der Waals surface area contributed by atoms with Crippen LogP contribution in [-0.4, -0.2) is 81.4 Å². The van der Waals surface area contributed by atoms with Crippen molar-refractivity contribution >= 4 is 24.1 Å². The van der Waals surface area contributed by atoms with Gasteiger partial charge in [-0.05, 0) is 39.0 Å². The number of nitrogens with zero attached hydrogens (tertiary/aromatic N) is 8. The molecule has 1 aliphatic heterocycles. The van der Waals surface area contributed by atoms with Crippen molar-refractivity contribution in [2.75, 3.05) is 43.1 Å². The van der Waals surface area contributed by atoms with E-state index < -0.39 is 23.7 Å². The van der Waals surface area contributed by atoms with E-state index in [9.17, 15) is 18.4 Å². The highest BCUT2D eigenvalue weighted by atomic mass is 19.3. The molecular formula is C30H31F3N8O5. The number of pyridine rings is 1. The van der Waals surface area contributed by atoms with E-state index in [1.54, 1.807) is 11.0 Å². The number of hydrogen-bond acceptors (Lipinski definition) is 11. The second kappa shape index (κ2) is 13.4. The fourth-order valence-corrected chi connectivity index (χ4v) is 4.63. The molecule has 242 valence electrons. The van der Waals surface area contributed by atoms with Gasteiger partial charge in [0.25, 0.3) is 5.89 Å². The molecule has 16 heteroatoms. The zero-order valence-electron chi connectivity index (χ0n) is 25.5. The smallest absolute Gasteiger partial charge is 0.410 e. The van der Waals surface area contributed by atoms with Gasteiger partial charge in [0.05, 0.1) is 30.6 Å². The molecule has 1 aromatic carbocycles. The lowest BCUT2D eigenvalue weighted by Gasteiger charge is -2.35. The number of methoxy groups -OCH3 is 1. The molecule has 0 aliphatic carbocycles. The number of amides is 2. The lowest BCUT2D eigenvalue weighted by atomic mass is 10.1. The van der Waals surface area contributed by atoms with Crippen LogP contribution in [0.4, 0.5) is 29.6 Å². The first-order valence-electron chi connectivity index (χ1n) is 14.2. The fraction of sp³-hybridized carbons (Fsp3) is 0.367. The Kier molecular flexibility index (Phi) is 9.34. The summed E-state index contributed by atoms with van der Waals surface area (Å²) in [5, 5.41) is 6.87. The Morgan fingerprint density at radius 2 is 1.74 bits per heavy atom. The number of benzene rings is 1. The average Bonchev–Trinajstić information content (AvgIpc) is 3.54. The summed E-state index contributed by atoms with van der Waals surface area (Å²) in [6.07, 6.45) is 1.58. The summed E-state index contributed by atoms with van der Waals surface area (Å²) >= 11 is 0. The molecular weight excluding hydrogens is 609 g/mol. The van der Waals surface area contributed by atoms with Crippen LogP contribution in [0.25, 0.3) is 22.6 Å². The molecule has 0 saturated carbocycles. The van der Waals surface area contributed by atoms with Crippen molar-refractivity contribution in [1.82, 2.24) is 30.0 Å². The first kappa shape index (κ1) is 32.1. The normalized spacial score (nSPS) is 13.6. The molecule has 0 N–H and O–H groups in total. The lowest BCUT2D eigenvalue weighted by molar-refractivity contribution is -0.107. The molecule has 13 nitrogen and oxygen atoms in total. The third-order valence-corrected chi connectivity index (χ3v) is 6.90. The quantitative estimate of drug-likeness (QED) is 0.231. The topological polar surface area (TPSA) is 140 Å². The van der Waals surface area contributed by atoms with Gasteiger partial charge in [-0.3, -0.25) is 9.78 Å². The summed E-state index contributed by atoms with van der Waals surface area (Å²) in [4.78, 5) is 42.3. The number of carbonyl (C=O) groups excluding carboxylic acids is 2. The van der Waals surface area contributed by atoms with Crippen LogP contribution in [0.5, 0.6) is 5.75 Å². The Balaban J connectivity index is 1.27. The largest absolute Gasteiger partial charge is 0.495 e. The number of halogens is 3.